The minimum absolute atomic E-state index is 0.231. The van der Waals surface area contributed by atoms with Gasteiger partial charge >= 0.3 is 0 Å². The highest BCUT2D eigenvalue weighted by Crippen LogP contribution is 2.10. The van der Waals surface area contributed by atoms with Crippen LogP contribution >= 0.6 is 0 Å². The molecule has 0 bridgehead atoms. The summed E-state index contributed by atoms with van der Waals surface area (Å²) in [6.07, 6.45) is 2.15. The van der Waals surface area contributed by atoms with E-state index in [9.17, 15) is 0 Å². The molecule has 1 atom stereocenters. The Kier molecular flexibility index (Phi) is 4.70. The van der Waals surface area contributed by atoms with Crippen molar-refractivity contribution in [3.05, 3.63) is 0 Å². The standard InChI is InChI=1S/C10H21NO2/c1-8(2)10(7-12)11-9-3-5-13-6-4-9/h8-12H,3-7H2,1-2H3/t10-/m1/s1. The van der Waals surface area contributed by atoms with Crippen LogP contribution in [0.2, 0.25) is 0 Å². The third-order valence-corrected chi connectivity index (χ3v) is 2.67. The lowest BCUT2D eigenvalue weighted by molar-refractivity contribution is 0.0682. The van der Waals surface area contributed by atoms with Crippen LogP contribution in [0.25, 0.3) is 0 Å². The first kappa shape index (κ1) is 11.0. The highest BCUT2D eigenvalue weighted by atomic mass is 16.5. The van der Waals surface area contributed by atoms with Crippen molar-refractivity contribution in [1.82, 2.24) is 5.32 Å². The molecule has 13 heavy (non-hydrogen) atoms. The second-order valence-electron chi connectivity index (χ2n) is 4.09. The van der Waals surface area contributed by atoms with E-state index in [1.54, 1.807) is 0 Å². The van der Waals surface area contributed by atoms with Gasteiger partial charge in [-0.25, -0.2) is 0 Å². The minimum Gasteiger partial charge on any atom is -0.395 e. The quantitative estimate of drug-likeness (QED) is 0.683. The highest BCUT2D eigenvalue weighted by Gasteiger charge is 2.19. The van der Waals surface area contributed by atoms with Gasteiger partial charge in [0, 0.05) is 25.3 Å². The topological polar surface area (TPSA) is 41.5 Å². The number of hydrogen-bond acceptors (Lipinski definition) is 3. The average molecular weight is 187 g/mol. The summed E-state index contributed by atoms with van der Waals surface area (Å²) >= 11 is 0. The summed E-state index contributed by atoms with van der Waals surface area (Å²) in [5.41, 5.74) is 0. The lowest BCUT2D eigenvalue weighted by Gasteiger charge is -2.29. The predicted molar refractivity (Wildman–Crippen MR) is 52.7 cm³/mol. The Hall–Kier alpha value is -0.120. The largest absolute Gasteiger partial charge is 0.395 e. The molecule has 0 amide bonds. The average Bonchev–Trinajstić information content (AvgIpc) is 2.15. The van der Waals surface area contributed by atoms with Crippen LogP contribution in [0.1, 0.15) is 26.7 Å². The Morgan fingerprint density at radius 2 is 2.00 bits per heavy atom. The van der Waals surface area contributed by atoms with Crippen molar-refractivity contribution >= 4 is 0 Å². The smallest absolute Gasteiger partial charge is 0.0587 e. The van der Waals surface area contributed by atoms with Gasteiger partial charge in [0.05, 0.1) is 6.61 Å². The van der Waals surface area contributed by atoms with E-state index < -0.39 is 0 Å². The summed E-state index contributed by atoms with van der Waals surface area (Å²) in [6.45, 7) is 6.21. The molecule has 2 N–H and O–H groups in total. The van der Waals surface area contributed by atoms with E-state index in [1.165, 1.54) is 0 Å². The van der Waals surface area contributed by atoms with Crippen LogP contribution in [0, 0.1) is 5.92 Å². The summed E-state index contributed by atoms with van der Waals surface area (Å²) < 4.78 is 5.27. The zero-order valence-corrected chi connectivity index (χ0v) is 8.62. The molecule has 1 heterocycles. The zero-order valence-electron chi connectivity index (χ0n) is 8.62. The molecule has 0 aromatic heterocycles. The van der Waals surface area contributed by atoms with Crippen molar-refractivity contribution in [1.29, 1.82) is 0 Å². The molecule has 0 saturated carbocycles. The Morgan fingerprint density at radius 1 is 1.38 bits per heavy atom. The monoisotopic (exact) mass is 187 g/mol. The van der Waals surface area contributed by atoms with Gasteiger partial charge in [0.1, 0.15) is 0 Å². The lowest BCUT2D eigenvalue weighted by Crippen LogP contribution is -2.45. The fraction of sp³-hybridized carbons (Fsp3) is 1.00. The van der Waals surface area contributed by atoms with Crippen molar-refractivity contribution in [3.8, 4) is 0 Å². The second-order valence-corrected chi connectivity index (χ2v) is 4.09. The first-order valence-corrected chi connectivity index (χ1v) is 5.18. The molecule has 0 radical (unpaired) electrons. The van der Waals surface area contributed by atoms with Gasteiger partial charge in [0.2, 0.25) is 0 Å². The highest BCUT2D eigenvalue weighted by molar-refractivity contribution is 4.77. The SMILES string of the molecule is CC(C)[C@@H](CO)NC1CCOCC1. The molecule has 78 valence electrons. The summed E-state index contributed by atoms with van der Waals surface area (Å²) in [5, 5.41) is 12.6. The van der Waals surface area contributed by atoms with E-state index in [4.69, 9.17) is 9.84 Å². The number of aliphatic hydroxyl groups is 1. The van der Waals surface area contributed by atoms with E-state index >= 15 is 0 Å². The summed E-state index contributed by atoms with van der Waals surface area (Å²) in [4.78, 5) is 0. The molecule has 1 aliphatic heterocycles. The Balaban J connectivity index is 2.27. The maximum atomic E-state index is 9.13. The third-order valence-electron chi connectivity index (χ3n) is 2.67. The number of nitrogens with one attached hydrogen (secondary N) is 1. The van der Waals surface area contributed by atoms with Crippen LogP contribution in [0.5, 0.6) is 0 Å². The molecule has 1 aliphatic rings. The maximum Gasteiger partial charge on any atom is 0.0587 e. The summed E-state index contributed by atoms with van der Waals surface area (Å²) in [6, 6.07) is 0.774. The lowest BCUT2D eigenvalue weighted by atomic mass is 10.0. The van der Waals surface area contributed by atoms with Crippen LogP contribution < -0.4 is 5.32 Å². The molecule has 0 aromatic carbocycles. The number of rotatable bonds is 4. The zero-order chi connectivity index (χ0) is 9.68. The van der Waals surface area contributed by atoms with E-state index in [0.29, 0.717) is 12.0 Å². The molecule has 1 rings (SSSR count). The van der Waals surface area contributed by atoms with Gasteiger partial charge in [0.15, 0.2) is 0 Å². The fourth-order valence-corrected chi connectivity index (χ4v) is 1.62. The number of aliphatic hydroxyl groups excluding tert-OH is 1. The van der Waals surface area contributed by atoms with Crippen molar-refractivity contribution in [2.24, 2.45) is 5.92 Å². The minimum atomic E-state index is 0.231. The van der Waals surface area contributed by atoms with Crippen LogP contribution in [0.4, 0.5) is 0 Å². The van der Waals surface area contributed by atoms with E-state index in [-0.39, 0.29) is 12.6 Å². The van der Waals surface area contributed by atoms with Gasteiger partial charge in [-0.1, -0.05) is 13.8 Å². The van der Waals surface area contributed by atoms with E-state index in [0.717, 1.165) is 26.1 Å². The number of hydrogen-bond donors (Lipinski definition) is 2. The number of ether oxygens (including phenoxy) is 1. The van der Waals surface area contributed by atoms with Crippen molar-refractivity contribution in [2.75, 3.05) is 19.8 Å². The van der Waals surface area contributed by atoms with Gasteiger partial charge in [-0.05, 0) is 18.8 Å². The Morgan fingerprint density at radius 3 is 2.46 bits per heavy atom. The fourth-order valence-electron chi connectivity index (χ4n) is 1.62. The predicted octanol–water partition coefficient (Wildman–Crippen LogP) is 0.772. The first-order valence-electron chi connectivity index (χ1n) is 5.18. The molecule has 3 nitrogen and oxygen atoms in total. The molecular formula is C10H21NO2. The molecule has 0 unspecified atom stereocenters. The van der Waals surface area contributed by atoms with Gasteiger partial charge in [-0.2, -0.15) is 0 Å². The van der Waals surface area contributed by atoms with E-state index in [1.807, 2.05) is 0 Å². The van der Waals surface area contributed by atoms with Crippen molar-refractivity contribution < 1.29 is 9.84 Å². The molecule has 0 aliphatic carbocycles. The van der Waals surface area contributed by atoms with Crippen molar-refractivity contribution in [3.63, 3.8) is 0 Å². The summed E-state index contributed by atoms with van der Waals surface area (Å²) in [7, 11) is 0. The molecule has 0 spiro atoms. The molecule has 0 aromatic rings. The van der Waals surface area contributed by atoms with Crippen LogP contribution in [-0.4, -0.2) is 37.0 Å². The van der Waals surface area contributed by atoms with Gasteiger partial charge in [-0.3, -0.25) is 0 Å². The molecule has 1 saturated heterocycles. The van der Waals surface area contributed by atoms with Gasteiger partial charge in [-0.15, -0.1) is 0 Å². The Labute approximate surface area is 80.5 Å². The first-order chi connectivity index (χ1) is 6.24. The van der Waals surface area contributed by atoms with Crippen LogP contribution in [-0.2, 0) is 4.74 Å². The Bertz CT molecular complexity index is 133. The maximum absolute atomic E-state index is 9.13. The van der Waals surface area contributed by atoms with Crippen molar-refractivity contribution in [2.45, 2.75) is 38.8 Å². The summed E-state index contributed by atoms with van der Waals surface area (Å²) in [5.74, 6) is 0.493. The van der Waals surface area contributed by atoms with Crippen LogP contribution in [0.3, 0.4) is 0 Å². The van der Waals surface area contributed by atoms with E-state index in [2.05, 4.69) is 19.2 Å². The van der Waals surface area contributed by atoms with Crippen LogP contribution in [0.15, 0.2) is 0 Å². The molecular weight excluding hydrogens is 166 g/mol. The normalized spacial score (nSPS) is 22.2. The molecule has 3 heteroatoms. The van der Waals surface area contributed by atoms with Gasteiger partial charge < -0.3 is 15.2 Å². The third kappa shape index (κ3) is 3.63. The van der Waals surface area contributed by atoms with Gasteiger partial charge in [0.25, 0.3) is 0 Å². The molecule has 1 fully saturated rings. The second kappa shape index (κ2) is 5.58.